The number of anilines is 1. The number of benzene rings is 3. The highest BCUT2D eigenvalue weighted by Crippen LogP contribution is 2.50. The van der Waals surface area contributed by atoms with Crippen molar-refractivity contribution in [2.75, 3.05) is 24.5 Å². The zero-order chi connectivity index (χ0) is 22.2. The minimum absolute atomic E-state index is 0.224. The van der Waals surface area contributed by atoms with Crippen molar-refractivity contribution in [3.8, 4) is 11.1 Å². The van der Waals surface area contributed by atoms with Crippen LogP contribution in [0.25, 0.3) is 11.1 Å². The van der Waals surface area contributed by atoms with Crippen LogP contribution >= 0.6 is 0 Å². The second-order valence-electron chi connectivity index (χ2n) is 9.64. The lowest BCUT2D eigenvalue weighted by Gasteiger charge is -2.39. The van der Waals surface area contributed by atoms with Crippen molar-refractivity contribution >= 4 is 11.8 Å². The molecule has 1 amide bonds. The first-order chi connectivity index (χ1) is 16.3. The highest BCUT2D eigenvalue weighted by atomic mass is 16.6. The molecule has 3 aromatic carbocycles. The lowest BCUT2D eigenvalue weighted by Crippen LogP contribution is -2.40. The van der Waals surface area contributed by atoms with E-state index in [1.165, 1.54) is 47.2 Å². The first kappa shape index (κ1) is 20.3. The van der Waals surface area contributed by atoms with Gasteiger partial charge in [-0.3, -0.25) is 0 Å². The Balaban J connectivity index is 1.34. The fourth-order valence-electron chi connectivity index (χ4n) is 6.04. The third-order valence-electron chi connectivity index (χ3n) is 7.62. The molecule has 168 valence electrons. The third kappa shape index (κ3) is 3.88. The average molecular weight is 439 g/mol. The summed E-state index contributed by atoms with van der Waals surface area (Å²) in [6, 6.07) is 25.3. The number of ether oxygens (including phenoxy) is 1. The van der Waals surface area contributed by atoms with Crippen molar-refractivity contribution < 1.29 is 9.53 Å². The third-order valence-corrected chi connectivity index (χ3v) is 7.62. The van der Waals surface area contributed by atoms with E-state index in [1.807, 2.05) is 35.2 Å². The number of nitrogens with zero attached hydrogens (tertiary/aromatic N) is 2. The molecule has 0 aromatic heterocycles. The summed E-state index contributed by atoms with van der Waals surface area (Å²) in [5.74, 6) is 1.38. The summed E-state index contributed by atoms with van der Waals surface area (Å²) >= 11 is 0. The van der Waals surface area contributed by atoms with E-state index >= 15 is 0 Å². The van der Waals surface area contributed by atoms with Crippen LogP contribution in [0.1, 0.15) is 41.9 Å². The summed E-state index contributed by atoms with van der Waals surface area (Å²) in [6.45, 7) is 3.59. The minimum atomic E-state index is -0.224. The van der Waals surface area contributed by atoms with Gasteiger partial charge in [-0.2, -0.15) is 0 Å². The van der Waals surface area contributed by atoms with Crippen LogP contribution in [0.2, 0.25) is 0 Å². The van der Waals surface area contributed by atoms with Gasteiger partial charge in [0, 0.05) is 25.3 Å². The smallest absolute Gasteiger partial charge is 0.410 e. The maximum absolute atomic E-state index is 13.1. The topological polar surface area (TPSA) is 32.8 Å². The molecule has 4 heteroatoms. The van der Waals surface area contributed by atoms with Gasteiger partial charge < -0.3 is 14.5 Å². The van der Waals surface area contributed by atoms with E-state index in [4.69, 9.17) is 4.74 Å². The fraction of sp³-hybridized carbons (Fsp3) is 0.345. The summed E-state index contributed by atoms with van der Waals surface area (Å²) in [7, 11) is 0. The van der Waals surface area contributed by atoms with E-state index in [0.717, 1.165) is 24.6 Å². The molecule has 3 aliphatic rings. The number of hydrogen-bond acceptors (Lipinski definition) is 3. The first-order valence-corrected chi connectivity index (χ1v) is 12.2. The number of carbonyl (C=O) groups excluding carboxylic acids is 1. The second kappa shape index (κ2) is 8.58. The molecule has 2 aliphatic heterocycles. The van der Waals surface area contributed by atoms with Gasteiger partial charge in [-0.15, -0.1) is 0 Å². The summed E-state index contributed by atoms with van der Waals surface area (Å²) in [5, 5.41) is 0. The highest BCUT2D eigenvalue weighted by molar-refractivity contribution is 5.76. The minimum Gasteiger partial charge on any atom is -0.445 e. The van der Waals surface area contributed by atoms with E-state index in [9.17, 15) is 4.79 Å². The van der Waals surface area contributed by atoms with E-state index in [-0.39, 0.29) is 6.09 Å². The van der Waals surface area contributed by atoms with Crippen molar-refractivity contribution in [3.63, 3.8) is 0 Å². The summed E-state index contributed by atoms with van der Waals surface area (Å²) < 4.78 is 5.71. The van der Waals surface area contributed by atoms with Crippen LogP contribution < -0.4 is 4.90 Å². The van der Waals surface area contributed by atoms with Crippen molar-refractivity contribution in [3.05, 3.63) is 89.5 Å². The van der Waals surface area contributed by atoms with Gasteiger partial charge in [-0.25, -0.2) is 4.79 Å². The molecule has 1 fully saturated rings. The Morgan fingerprint density at radius 2 is 1.70 bits per heavy atom. The van der Waals surface area contributed by atoms with Crippen LogP contribution in [0.4, 0.5) is 10.5 Å². The SMILES string of the molecule is O=C(OCc1ccccc1)N1CCN2CC3CCCC3c3cc(-c4ccccc4)cc(c32)C1. The molecule has 1 aliphatic carbocycles. The maximum Gasteiger partial charge on any atom is 0.410 e. The van der Waals surface area contributed by atoms with Gasteiger partial charge in [-0.05, 0) is 64.6 Å². The van der Waals surface area contributed by atoms with Crippen LogP contribution in [0.5, 0.6) is 0 Å². The molecular weight excluding hydrogens is 408 g/mol. The molecule has 0 saturated heterocycles. The predicted molar refractivity (Wildman–Crippen MR) is 131 cm³/mol. The maximum atomic E-state index is 13.1. The summed E-state index contributed by atoms with van der Waals surface area (Å²) in [6.07, 6.45) is 3.70. The molecular formula is C29H30N2O2. The zero-order valence-electron chi connectivity index (χ0n) is 19.0. The van der Waals surface area contributed by atoms with E-state index in [0.29, 0.717) is 25.6 Å². The van der Waals surface area contributed by atoms with Crippen molar-refractivity contribution in [1.82, 2.24) is 4.90 Å². The number of fused-ring (bicyclic) bond motifs is 2. The van der Waals surface area contributed by atoms with Crippen LogP contribution in [0, 0.1) is 5.92 Å². The van der Waals surface area contributed by atoms with Gasteiger partial charge >= 0.3 is 6.09 Å². The number of carbonyl (C=O) groups is 1. The largest absolute Gasteiger partial charge is 0.445 e. The summed E-state index contributed by atoms with van der Waals surface area (Å²) in [5.41, 5.74) is 7.66. The Bertz CT molecular complexity index is 1150. The van der Waals surface area contributed by atoms with Crippen LogP contribution in [-0.4, -0.2) is 30.6 Å². The Hall–Kier alpha value is -3.27. The second-order valence-corrected chi connectivity index (χ2v) is 9.64. The van der Waals surface area contributed by atoms with Gasteiger partial charge in [0.15, 0.2) is 0 Å². The molecule has 2 unspecified atom stereocenters. The first-order valence-electron chi connectivity index (χ1n) is 12.2. The lowest BCUT2D eigenvalue weighted by molar-refractivity contribution is 0.0953. The standard InChI is InChI=1S/C29H30N2O2/c32-29(33-20-21-8-3-1-4-9-21)31-15-14-30-18-23-12-7-13-26(23)27-17-24(16-25(19-31)28(27)30)22-10-5-2-6-11-22/h1-6,8-11,16-17,23,26H,7,12-15,18-20H2. The molecule has 0 N–H and O–H groups in total. The van der Waals surface area contributed by atoms with Crippen molar-refractivity contribution in [1.29, 1.82) is 0 Å². The monoisotopic (exact) mass is 438 g/mol. The quantitative estimate of drug-likeness (QED) is 0.487. The highest BCUT2D eigenvalue weighted by Gasteiger charge is 2.39. The number of hydrogen-bond donors (Lipinski definition) is 0. The van der Waals surface area contributed by atoms with Crippen LogP contribution in [0.3, 0.4) is 0 Å². The molecule has 6 rings (SSSR count). The fourth-order valence-corrected chi connectivity index (χ4v) is 6.04. The van der Waals surface area contributed by atoms with Gasteiger partial charge in [0.2, 0.25) is 0 Å². The van der Waals surface area contributed by atoms with Gasteiger partial charge in [-0.1, -0.05) is 67.1 Å². The Morgan fingerprint density at radius 1 is 0.909 bits per heavy atom. The molecule has 3 aromatic rings. The number of rotatable bonds is 3. The Morgan fingerprint density at radius 3 is 2.52 bits per heavy atom. The molecule has 33 heavy (non-hydrogen) atoms. The summed E-state index contributed by atoms with van der Waals surface area (Å²) in [4.78, 5) is 17.5. The van der Waals surface area contributed by atoms with Crippen LogP contribution in [-0.2, 0) is 17.9 Å². The van der Waals surface area contributed by atoms with E-state index < -0.39 is 0 Å². The molecule has 4 nitrogen and oxygen atoms in total. The van der Waals surface area contributed by atoms with Crippen LogP contribution in [0.15, 0.2) is 72.8 Å². The van der Waals surface area contributed by atoms with Crippen molar-refractivity contribution in [2.45, 2.75) is 38.3 Å². The van der Waals surface area contributed by atoms with Gasteiger partial charge in [0.25, 0.3) is 0 Å². The lowest BCUT2D eigenvalue weighted by atomic mass is 9.81. The number of amides is 1. The molecule has 2 atom stereocenters. The molecule has 0 spiro atoms. The Kier molecular flexibility index (Phi) is 5.29. The van der Waals surface area contributed by atoms with Gasteiger partial charge in [0.05, 0.1) is 6.54 Å². The molecule has 0 radical (unpaired) electrons. The molecule has 0 bridgehead atoms. The Labute approximate surface area is 195 Å². The average Bonchev–Trinajstić information content (AvgIpc) is 3.26. The van der Waals surface area contributed by atoms with Gasteiger partial charge in [0.1, 0.15) is 6.61 Å². The molecule has 1 saturated carbocycles. The zero-order valence-corrected chi connectivity index (χ0v) is 19.0. The van der Waals surface area contributed by atoms with E-state index in [2.05, 4.69) is 47.4 Å². The predicted octanol–water partition coefficient (Wildman–Crippen LogP) is 6.21. The van der Waals surface area contributed by atoms with E-state index in [1.54, 1.807) is 0 Å². The molecule has 2 heterocycles. The van der Waals surface area contributed by atoms with Crippen molar-refractivity contribution in [2.24, 2.45) is 5.92 Å². The normalized spacial score (nSPS) is 21.2.